The smallest absolute Gasteiger partial charge is 0.312 e. The number of nitrogens with two attached hydrogens (primary N) is 1. The highest BCUT2D eigenvalue weighted by Crippen LogP contribution is 2.14. The Labute approximate surface area is 68.9 Å². The minimum absolute atomic E-state index is 0.131. The van der Waals surface area contributed by atoms with Crippen LogP contribution in [0.5, 0.6) is 0 Å². The first kappa shape index (κ1) is 8.33. The first-order valence-corrected chi connectivity index (χ1v) is 3.37. The number of nitrogens with one attached hydrogen (secondary N) is 1. The van der Waals surface area contributed by atoms with Crippen LogP contribution in [0.1, 0.15) is 0 Å². The Balaban J connectivity index is 2.23. The Kier molecular flexibility index (Phi) is 2.14. The Hall–Kier alpha value is -1.77. The monoisotopic (exact) mass is 168 g/mol. The van der Waals surface area contributed by atoms with E-state index in [0.29, 0.717) is 6.54 Å². The first-order chi connectivity index (χ1) is 5.65. The first-order valence-electron chi connectivity index (χ1n) is 3.37. The maximum absolute atomic E-state index is 11.0. The molecular formula is C6H8N4O2. The van der Waals surface area contributed by atoms with E-state index in [1.54, 1.807) is 0 Å². The fourth-order valence-corrected chi connectivity index (χ4v) is 0.790. The second-order valence-corrected chi connectivity index (χ2v) is 2.41. The van der Waals surface area contributed by atoms with Crippen LogP contribution < -0.4 is 11.1 Å². The number of hydrogen-bond acceptors (Lipinski definition) is 3. The van der Waals surface area contributed by atoms with Crippen molar-refractivity contribution in [2.24, 2.45) is 5.73 Å². The predicted octanol–water partition coefficient (Wildman–Crippen LogP) is -1.61. The average Bonchev–Trinajstić information content (AvgIpc) is 2.78. The van der Waals surface area contributed by atoms with E-state index in [9.17, 15) is 9.59 Å². The van der Waals surface area contributed by atoms with Gasteiger partial charge in [0.15, 0.2) is 0 Å². The molecule has 0 aromatic carbocycles. The molecule has 0 aromatic rings. The molecule has 1 saturated heterocycles. The fourth-order valence-electron chi connectivity index (χ4n) is 0.790. The molecule has 3 amide bonds. The zero-order valence-corrected chi connectivity index (χ0v) is 6.28. The van der Waals surface area contributed by atoms with E-state index in [2.05, 4.69) is 5.32 Å². The van der Waals surface area contributed by atoms with Crippen LogP contribution in [0, 0.1) is 11.3 Å². The van der Waals surface area contributed by atoms with E-state index in [0.717, 1.165) is 0 Å². The van der Waals surface area contributed by atoms with Gasteiger partial charge in [-0.25, -0.2) is 4.79 Å². The lowest BCUT2D eigenvalue weighted by atomic mass is 10.5. The molecule has 64 valence electrons. The summed E-state index contributed by atoms with van der Waals surface area (Å²) in [5, 5.41) is 10.5. The number of urea groups is 1. The molecular weight excluding hydrogens is 160 g/mol. The molecule has 1 fully saturated rings. The number of nitrogens with zero attached hydrogens (tertiary/aromatic N) is 2. The van der Waals surface area contributed by atoms with Gasteiger partial charge in [-0.15, -0.1) is 0 Å². The van der Waals surface area contributed by atoms with Gasteiger partial charge < -0.3 is 16.0 Å². The second-order valence-electron chi connectivity index (χ2n) is 2.41. The van der Waals surface area contributed by atoms with Crippen LogP contribution in [-0.4, -0.2) is 36.0 Å². The van der Waals surface area contributed by atoms with Gasteiger partial charge in [-0.3, -0.25) is 4.79 Å². The molecule has 6 heteroatoms. The standard InChI is InChI=1S/C6H8N4O2/c7-1-4-3-10(4)5(11)2-9-6(8)12/h4H,2-3H2,(H3,8,9,12). The molecule has 0 saturated carbocycles. The van der Waals surface area contributed by atoms with E-state index in [1.807, 2.05) is 6.07 Å². The minimum Gasteiger partial charge on any atom is -0.352 e. The second kappa shape index (κ2) is 3.09. The number of carbonyl (C=O) groups excluding carboxylic acids is 2. The molecule has 0 aromatic heterocycles. The molecule has 1 heterocycles. The topological polar surface area (TPSA) is 99.0 Å². The van der Waals surface area contributed by atoms with E-state index < -0.39 is 6.03 Å². The van der Waals surface area contributed by atoms with E-state index >= 15 is 0 Å². The summed E-state index contributed by atoms with van der Waals surface area (Å²) in [6.07, 6.45) is 0. The molecule has 1 aliphatic rings. The summed E-state index contributed by atoms with van der Waals surface area (Å²) in [4.78, 5) is 22.5. The third-order valence-corrected chi connectivity index (χ3v) is 1.50. The van der Waals surface area contributed by atoms with E-state index in [-0.39, 0.29) is 18.5 Å². The van der Waals surface area contributed by atoms with Crippen molar-refractivity contribution in [1.29, 1.82) is 5.26 Å². The van der Waals surface area contributed by atoms with Gasteiger partial charge in [0.1, 0.15) is 6.04 Å². The normalized spacial score (nSPS) is 19.6. The molecule has 0 radical (unpaired) electrons. The van der Waals surface area contributed by atoms with E-state index in [1.165, 1.54) is 4.90 Å². The van der Waals surface area contributed by atoms with Crippen molar-refractivity contribution in [3.63, 3.8) is 0 Å². The van der Waals surface area contributed by atoms with Gasteiger partial charge in [-0.1, -0.05) is 0 Å². The minimum atomic E-state index is -0.737. The Morgan fingerprint density at radius 3 is 2.83 bits per heavy atom. The summed E-state index contributed by atoms with van der Waals surface area (Å²) in [7, 11) is 0. The average molecular weight is 168 g/mol. The van der Waals surface area contributed by atoms with E-state index in [4.69, 9.17) is 11.0 Å². The van der Waals surface area contributed by atoms with Crippen LogP contribution in [0.4, 0.5) is 4.79 Å². The Morgan fingerprint density at radius 2 is 2.42 bits per heavy atom. The third kappa shape index (κ3) is 1.85. The molecule has 12 heavy (non-hydrogen) atoms. The molecule has 1 atom stereocenters. The van der Waals surface area contributed by atoms with Gasteiger partial charge in [-0.05, 0) is 0 Å². The van der Waals surface area contributed by atoms with Crippen molar-refractivity contribution in [3.8, 4) is 6.07 Å². The highest BCUT2D eigenvalue weighted by atomic mass is 16.2. The van der Waals surface area contributed by atoms with Gasteiger partial charge in [-0.2, -0.15) is 5.26 Å². The lowest BCUT2D eigenvalue weighted by Gasteiger charge is -2.00. The number of rotatable bonds is 2. The fraction of sp³-hybridized carbons (Fsp3) is 0.500. The quantitative estimate of drug-likeness (QED) is 0.485. The largest absolute Gasteiger partial charge is 0.352 e. The molecule has 0 spiro atoms. The highest BCUT2D eigenvalue weighted by Gasteiger charge is 2.37. The van der Waals surface area contributed by atoms with Crippen LogP contribution in [0.3, 0.4) is 0 Å². The number of nitriles is 1. The lowest BCUT2D eigenvalue weighted by molar-refractivity contribution is -0.124. The van der Waals surface area contributed by atoms with Crippen LogP contribution in [-0.2, 0) is 4.79 Å². The van der Waals surface area contributed by atoms with Gasteiger partial charge in [0, 0.05) is 0 Å². The van der Waals surface area contributed by atoms with Crippen LogP contribution >= 0.6 is 0 Å². The number of carbonyl (C=O) groups is 2. The maximum Gasteiger partial charge on any atom is 0.312 e. The summed E-state index contributed by atoms with van der Waals surface area (Å²) in [5.41, 5.74) is 4.74. The molecule has 1 rings (SSSR count). The lowest BCUT2D eigenvalue weighted by Crippen LogP contribution is -2.36. The molecule has 0 bridgehead atoms. The zero-order valence-electron chi connectivity index (χ0n) is 6.28. The van der Waals surface area contributed by atoms with Crippen molar-refractivity contribution in [1.82, 2.24) is 10.2 Å². The Morgan fingerprint density at radius 1 is 1.75 bits per heavy atom. The summed E-state index contributed by atoms with van der Waals surface area (Å²) < 4.78 is 0. The molecule has 0 aliphatic carbocycles. The SMILES string of the molecule is N#CC1CN1C(=O)CNC(N)=O. The molecule has 1 aliphatic heterocycles. The van der Waals surface area contributed by atoms with Crippen molar-refractivity contribution >= 4 is 11.9 Å². The summed E-state index contributed by atoms with van der Waals surface area (Å²) in [6, 6.07) is 0.869. The zero-order chi connectivity index (χ0) is 9.14. The number of hydrogen-bond donors (Lipinski definition) is 2. The van der Waals surface area contributed by atoms with Gasteiger partial charge in [0.25, 0.3) is 0 Å². The van der Waals surface area contributed by atoms with Crippen LogP contribution in [0.2, 0.25) is 0 Å². The summed E-state index contributed by atoms with van der Waals surface area (Å²) in [5.74, 6) is -0.277. The van der Waals surface area contributed by atoms with Crippen molar-refractivity contribution < 1.29 is 9.59 Å². The van der Waals surface area contributed by atoms with Gasteiger partial charge >= 0.3 is 6.03 Å². The number of amides is 3. The van der Waals surface area contributed by atoms with Crippen molar-refractivity contribution in [2.45, 2.75) is 6.04 Å². The van der Waals surface area contributed by atoms with Crippen LogP contribution in [0.15, 0.2) is 0 Å². The third-order valence-electron chi connectivity index (χ3n) is 1.50. The maximum atomic E-state index is 11.0. The van der Waals surface area contributed by atoms with Gasteiger partial charge in [0.05, 0.1) is 19.2 Å². The van der Waals surface area contributed by atoms with Crippen LogP contribution in [0.25, 0.3) is 0 Å². The number of primary amides is 1. The molecule has 6 nitrogen and oxygen atoms in total. The predicted molar refractivity (Wildman–Crippen MR) is 38.7 cm³/mol. The molecule has 1 unspecified atom stereocenters. The van der Waals surface area contributed by atoms with Crippen molar-refractivity contribution in [3.05, 3.63) is 0 Å². The summed E-state index contributed by atoms with van der Waals surface area (Å²) in [6.45, 7) is 0.323. The summed E-state index contributed by atoms with van der Waals surface area (Å²) >= 11 is 0. The molecule has 3 N–H and O–H groups in total. The van der Waals surface area contributed by atoms with Gasteiger partial charge in [0.2, 0.25) is 5.91 Å². The highest BCUT2D eigenvalue weighted by molar-refractivity contribution is 5.85. The Bertz CT molecular complexity index is 257. The van der Waals surface area contributed by atoms with Crippen molar-refractivity contribution in [2.75, 3.05) is 13.1 Å².